The second kappa shape index (κ2) is 6.86. The van der Waals surface area contributed by atoms with Crippen LogP contribution >= 0.6 is 11.8 Å². The average Bonchev–Trinajstić information content (AvgIpc) is 2.80. The summed E-state index contributed by atoms with van der Waals surface area (Å²) in [5, 5.41) is 11.1. The molecule has 0 aliphatic heterocycles. The minimum Gasteiger partial charge on any atom is -0.408 e. The quantitative estimate of drug-likeness (QED) is 0.741. The highest BCUT2D eigenvalue weighted by atomic mass is 32.2. The molecule has 0 aromatic carbocycles. The minimum absolute atomic E-state index is 0.239. The van der Waals surface area contributed by atoms with E-state index >= 15 is 0 Å². The van der Waals surface area contributed by atoms with Gasteiger partial charge in [-0.1, -0.05) is 18.9 Å². The van der Waals surface area contributed by atoms with Gasteiger partial charge in [0.1, 0.15) is 0 Å². The molecule has 1 aromatic heterocycles. The molecular formula is C11H22N4OS. The fourth-order valence-corrected chi connectivity index (χ4v) is 2.44. The van der Waals surface area contributed by atoms with Crippen LogP contribution in [0.25, 0.3) is 0 Å². The molecule has 0 radical (unpaired) electrons. The van der Waals surface area contributed by atoms with Gasteiger partial charge in [-0.3, -0.25) is 0 Å². The van der Waals surface area contributed by atoms with Gasteiger partial charge in [-0.05, 0) is 19.1 Å². The zero-order chi connectivity index (χ0) is 12.7. The zero-order valence-corrected chi connectivity index (χ0v) is 11.6. The highest BCUT2D eigenvalue weighted by Crippen LogP contribution is 2.30. The van der Waals surface area contributed by atoms with Gasteiger partial charge in [-0.2, -0.15) is 11.8 Å². The summed E-state index contributed by atoms with van der Waals surface area (Å²) in [5.41, 5.74) is 5.43. The topological polar surface area (TPSA) is 77.0 Å². The number of nitrogens with zero attached hydrogens (tertiary/aromatic N) is 2. The van der Waals surface area contributed by atoms with Crippen molar-refractivity contribution in [2.75, 3.05) is 24.7 Å². The molecule has 0 amide bonds. The molecule has 98 valence electrons. The van der Waals surface area contributed by atoms with Gasteiger partial charge < -0.3 is 15.5 Å². The van der Waals surface area contributed by atoms with Crippen LogP contribution < -0.4 is 11.1 Å². The van der Waals surface area contributed by atoms with Crippen molar-refractivity contribution in [2.24, 2.45) is 5.73 Å². The van der Waals surface area contributed by atoms with E-state index in [-0.39, 0.29) is 4.75 Å². The molecule has 0 fully saturated rings. The first-order valence-corrected chi connectivity index (χ1v) is 7.23. The van der Waals surface area contributed by atoms with Gasteiger partial charge in [0.25, 0.3) is 0 Å². The minimum atomic E-state index is 0.239. The van der Waals surface area contributed by atoms with Gasteiger partial charge in [-0.25, -0.2) is 0 Å². The second-order valence-corrected chi connectivity index (χ2v) is 5.26. The molecule has 0 aliphatic carbocycles. The van der Waals surface area contributed by atoms with Gasteiger partial charge in [0, 0.05) is 24.3 Å². The standard InChI is InChI=1S/C11H22N4OS/c1-4-11(5-2,17-3)8-13-10-15-14-9(16-10)6-7-12/h4-8,12H2,1-3H3,(H,13,15). The lowest BCUT2D eigenvalue weighted by molar-refractivity contribution is 0.496. The van der Waals surface area contributed by atoms with Crippen LogP contribution in [0.2, 0.25) is 0 Å². The predicted molar refractivity (Wildman–Crippen MR) is 72.4 cm³/mol. The monoisotopic (exact) mass is 258 g/mol. The van der Waals surface area contributed by atoms with Crippen LogP contribution in [0.3, 0.4) is 0 Å². The molecule has 1 rings (SSSR count). The number of hydrogen-bond acceptors (Lipinski definition) is 6. The number of nitrogens with two attached hydrogens (primary N) is 1. The van der Waals surface area contributed by atoms with Crippen molar-refractivity contribution in [1.82, 2.24) is 10.2 Å². The number of nitrogens with one attached hydrogen (secondary N) is 1. The average molecular weight is 258 g/mol. The van der Waals surface area contributed by atoms with Crippen molar-refractivity contribution < 1.29 is 4.42 Å². The molecule has 3 N–H and O–H groups in total. The van der Waals surface area contributed by atoms with E-state index < -0.39 is 0 Å². The molecule has 1 aromatic rings. The van der Waals surface area contributed by atoms with Gasteiger partial charge in [0.2, 0.25) is 5.89 Å². The highest BCUT2D eigenvalue weighted by molar-refractivity contribution is 8.00. The molecule has 0 spiro atoms. The third kappa shape index (κ3) is 3.89. The van der Waals surface area contributed by atoms with Crippen LogP contribution in [0, 0.1) is 0 Å². The van der Waals surface area contributed by atoms with Crippen LogP contribution in [0.5, 0.6) is 0 Å². The Balaban J connectivity index is 2.53. The SMILES string of the molecule is CCC(CC)(CNc1nnc(CCN)o1)SC. The summed E-state index contributed by atoms with van der Waals surface area (Å²) < 4.78 is 5.67. The lowest BCUT2D eigenvalue weighted by atomic mass is 10.0. The highest BCUT2D eigenvalue weighted by Gasteiger charge is 2.25. The Morgan fingerprint density at radius 2 is 2.06 bits per heavy atom. The lowest BCUT2D eigenvalue weighted by Crippen LogP contribution is -2.32. The fourth-order valence-electron chi connectivity index (χ4n) is 1.65. The molecule has 1 heterocycles. The van der Waals surface area contributed by atoms with E-state index in [1.807, 2.05) is 11.8 Å². The normalized spacial score (nSPS) is 11.8. The van der Waals surface area contributed by atoms with E-state index in [4.69, 9.17) is 10.2 Å². The summed E-state index contributed by atoms with van der Waals surface area (Å²) in [6.45, 7) is 5.77. The van der Waals surface area contributed by atoms with Crippen LogP contribution in [-0.4, -0.2) is 34.3 Å². The molecule has 6 heteroatoms. The first-order valence-electron chi connectivity index (χ1n) is 6.01. The Hall–Kier alpha value is -0.750. The van der Waals surface area contributed by atoms with E-state index in [1.54, 1.807) is 0 Å². The summed E-state index contributed by atoms with van der Waals surface area (Å²) in [4.78, 5) is 0. The van der Waals surface area contributed by atoms with Crippen LogP contribution in [-0.2, 0) is 6.42 Å². The van der Waals surface area contributed by atoms with Gasteiger partial charge in [0.05, 0.1) is 0 Å². The first kappa shape index (κ1) is 14.3. The Kier molecular flexibility index (Phi) is 5.77. The van der Waals surface area contributed by atoms with Gasteiger partial charge in [-0.15, -0.1) is 5.10 Å². The Morgan fingerprint density at radius 1 is 1.35 bits per heavy atom. The Morgan fingerprint density at radius 3 is 2.59 bits per heavy atom. The van der Waals surface area contributed by atoms with E-state index in [1.165, 1.54) is 0 Å². The largest absolute Gasteiger partial charge is 0.408 e. The third-order valence-electron chi connectivity index (χ3n) is 3.11. The molecule has 17 heavy (non-hydrogen) atoms. The Labute approximate surface area is 107 Å². The summed E-state index contributed by atoms with van der Waals surface area (Å²) in [6.07, 6.45) is 5.00. The summed E-state index contributed by atoms with van der Waals surface area (Å²) in [5.74, 6) is 0.595. The van der Waals surface area contributed by atoms with Crippen LogP contribution in [0.1, 0.15) is 32.6 Å². The number of thioether (sulfide) groups is 1. The summed E-state index contributed by atoms with van der Waals surface area (Å²) >= 11 is 1.88. The number of aromatic nitrogens is 2. The van der Waals surface area contributed by atoms with E-state index in [0.29, 0.717) is 24.9 Å². The molecule has 5 nitrogen and oxygen atoms in total. The number of rotatable bonds is 8. The van der Waals surface area contributed by atoms with Crippen molar-refractivity contribution in [3.05, 3.63) is 5.89 Å². The molecule has 0 saturated carbocycles. The fraction of sp³-hybridized carbons (Fsp3) is 0.818. The molecular weight excluding hydrogens is 236 g/mol. The van der Waals surface area contributed by atoms with Gasteiger partial charge in [0.15, 0.2) is 0 Å². The third-order valence-corrected chi connectivity index (χ3v) is 4.70. The van der Waals surface area contributed by atoms with Crippen molar-refractivity contribution in [1.29, 1.82) is 0 Å². The number of anilines is 1. The van der Waals surface area contributed by atoms with Crippen molar-refractivity contribution in [3.8, 4) is 0 Å². The maximum Gasteiger partial charge on any atom is 0.315 e. The summed E-state index contributed by atoms with van der Waals surface area (Å²) in [6, 6.07) is 0.494. The first-order chi connectivity index (χ1) is 8.19. The molecule has 0 saturated heterocycles. The Bertz CT molecular complexity index is 317. The van der Waals surface area contributed by atoms with Gasteiger partial charge >= 0.3 is 6.01 Å². The maximum atomic E-state index is 5.43. The summed E-state index contributed by atoms with van der Waals surface area (Å²) in [7, 11) is 0. The van der Waals surface area contributed by atoms with Crippen LogP contribution in [0.15, 0.2) is 4.42 Å². The maximum absolute atomic E-state index is 5.43. The molecule has 0 unspecified atom stereocenters. The molecule has 0 aliphatic rings. The van der Waals surface area contributed by atoms with Crippen LogP contribution in [0.4, 0.5) is 6.01 Å². The lowest BCUT2D eigenvalue weighted by Gasteiger charge is -2.29. The number of hydrogen-bond donors (Lipinski definition) is 2. The van der Waals surface area contributed by atoms with Crippen molar-refractivity contribution in [2.45, 2.75) is 37.9 Å². The zero-order valence-electron chi connectivity index (χ0n) is 10.8. The molecule has 0 bridgehead atoms. The smallest absolute Gasteiger partial charge is 0.315 e. The van der Waals surface area contributed by atoms with E-state index in [9.17, 15) is 0 Å². The van der Waals surface area contributed by atoms with E-state index in [0.717, 1.165) is 19.4 Å². The predicted octanol–water partition coefficient (Wildman–Crippen LogP) is 1.90. The van der Waals surface area contributed by atoms with E-state index in [2.05, 4.69) is 35.6 Å². The second-order valence-electron chi connectivity index (χ2n) is 3.99. The van der Waals surface area contributed by atoms with Crippen molar-refractivity contribution >= 4 is 17.8 Å². The molecule has 0 atom stereocenters. The van der Waals surface area contributed by atoms with Crippen molar-refractivity contribution in [3.63, 3.8) is 0 Å².